The molecule has 0 atom stereocenters. The zero-order chi connectivity index (χ0) is 10.8. The first-order valence-corrected chi connectivity index (χ1v) is 4.94. The highest BCUT2D eigenvalue weighted by molar-refractivity contribution is 5.47. The van der Waals surface area contributed by atoms with Crippen LogP contribution in [0.5, 0.6) is 0 Å². The van der Waals surface area contributed by atoms with E-state index >= 15 is 0 Å². The minimum absolute atomic E-state index is 0.134. The minimum Gasteiger partial charge on any atom is -0.378 e. The summed E-state index contributed by atoms with van der Waals surface area (Å²) in [6, 6.07) is 8.50. The number of benzene rings is 1. The van der Waals surface area contributed by atoms with Gasteiger partial charge in [-0.3, -0.25) is 0 Å². The number of nitrogens with zero attached hydrogens (tertiary/aromatic N) is 1. The van der Waals surface area contributed by atoms with Gasteiger partial charge in [0, 0.05) is 25.3 Å². The summed E-state index contributed by atoms with van der Waals surface area (Å²) in [7, 11) is 4.10. The van der Waals surface area contributed by atoms with Gasteiger partial charge in [0.25, 0.3) is 0 Å². The van der Waals surface area contributed by atoms with Crippen molar-refractivity contribution in [3.8, 4) is 0 Å². The summed E-state index contributed by atoms with van der Waals surface area (Å²) in [6.45, 7) is 4.10. The number of hydrogen-bond acceptors (Lipinski definition) is 2. The second-order valence-electron chi connectivity index (χ2n) is 4.73. The lowest BCUT2D eigenvalue weighted by Crippen LogP contribution is -2.34. The third kappa shape index (κ3) is 3.38. The summed E-state index contributed by atoms with van der Waals surface area (Å²) in [5, 5.41) is 0. The van der Waals surface area contributed by atoms with Crippen molar-refractivity contribution >= 4 is 5.69 Å². The molecule has 0 spiro atoms. The van der Waals surface area contributed by atoms with Gasteiger partial charge in [-0.15, -0.1) is 0 Å². The molecule has 2 nitrogen and oxygen atoms in total. The van der Waals surface area contributed by atoms with Crippen molar-refractivity contribution in [2.24, 2.45) is 5.73 Å². The van der Waals surface area contributed by atoms with E-state index in [0.717, 1.165) is 6.42 Å². The number of rotatable bonds is 3. The summed E-state index contributed by atoms with van der Waals surface area (Å²) in [5.74, 6) is 0. The van der Waals surface area contributed by atoms with Crippen LogP contribution in [-0.4, -0.2) is 19.6 Å². The Morgan fingerprint density at radius 1 is 1.29 bits per heavy atom. The van der Waals surface area contributed by atoms with Crippen molar-refractivity contribution in [3.05, 3.63) is 29.8 Å². The van der Waals surface area contributed by atoms with Crippen LogP contribution in [0.25, 0.3) is 0 Å². The maximum atomic E-state index is 5.98. The van der Waals surface area contributed by atoms with Gasteiger partial charge >= 0.3 is 0 Å². The van der Waals surface area contributed by atoms with Crippen LogP contribution in [-0.2, 0) is 6.42 Å². The minimum atomic E-state index is -0.134. The van der Waals surface area contributed by atoms with E-state index in [-0.39, 0.29) is 5.54 Å². The Bertz CT molecular complexity index is 297. The molecule has 1 aromatic rings. The van der Waals surface area contributed by atoms with Gasteiger partial charge in [0.1, 0.15) is 0 Å². The summed E-state index contributed by atoms with van der Waals surface area (Å²) in [5.41, 5.74) is 8.37. The lowest BCUT2D eigenvalue weighted by molar-refractivity contribution is 0.517. The normalized spacial score (nSPS) is 11.5. The molecule has 1 rings (SSSR count). The van der Waals surface area contributed by atoms with E-state index in [1.807, 2.05) is 14.1 Å². The Kier molecular flexibility index (Phi) is 3.17. The monoisotopic (exact) mass is 192 g/mol. The second-order valence-corrected chi connectivity index (χ2v) is 4.73. The zero-order valence-corrected chi connectivity index (χ0v) is 9.54. The summed E-state index contributed by atoms with van der Waals surface area (Å²) < 4.78 is 0. The van der Waals surface area contributed by atoms with Crippen LogP contribution in [0.2, 0.25) is 0 Å². The van der Waals surface area contributed by atoms with Gasteiger partial charge in [-0.1, -0.05) is 12.1 Å². The topological polar surface area (TPSA) is 29.3 Å². The molecule has 0 amide bonds. The molecule has 0 saturated carbocycles. The molecule has 2 N–H and O–H groups in total. The summed E-state index contributed by atoms with van der Waals surface area (Å²) >= 11 is 0. The Labute approximate surface area is 86.7 Å². The van der Waals surface area contributed by atoms with Gasteiger partial charge in [-0.25, -0.2) is 0 Å². The van der Waals surface area contributed by atoms with Crippen LogP contribution >= 0.6 is 0 Å². The fraction of sp³-hybridized carbons (Fsp3) is 0.500. The molecular weight excluding hydrogens is 172 g/mol. The molecule has 78 valence electrons. The average molecular weight is 192 g/mol. The van der Waals surface area contributed by atoms with Crippen molar-refractivity contribution < 1.29 is 0 Å². The lowest BCUT2D eigenvalue weighted by atomic mass is 9.96. The van der Waals surface area contributed by atoms with E-state index < -0.39 is 0 Å². The van der Waals surface area contributed by atoms with Crippen LogP contribution in [0.4, 0.5) is 5.69 Å². The van der Waals surface area contributed by atoms with Gasteiger partial charge in [0.05, 0.1) is 0 Å². The predicted molar refractivity (Wildman–Crippen MR) is 62.7 cm³/mol. The molecule has 0 bridgehead atoms. The molecule has 0 saturated heterocycles. The molecule has 0 heterocycles. The van der Waals surface area contributed by atoms with E-state index in [0.29, 0.717) is 0 Å². The zero-order valence-electron chi connectivity index (χ0n) is 9.54. The smallest absolute Gasteiger partial charge is 0.0363 e. The predicted octanol–water partition coefficient (Wildman–Crippen LogP) is 2.03. The summed E-state index contributed by atoms with van der Waals surface area (Å²) in [6.07, 6.45) is 0.911. The first-order valence-electron chi connectivity index (χ1n) is 4.94. The third-order valence-corrected chi connectivity index (χ3v) is 2.09. The van der Waals surface area contributed by atoms with Crippen molar-refractivity contribution in [2.45, 2.75) is 25.8 Å². The van der Waals surface area contributed by atoms with Crippen LogP contribution in [0.15, 0.2) is 24.3 Å². The van der Waals surface area contributed by atoms with E-state index in [4.69, 9.17) is 5.73 Å². The Balaban J connectivity index is 2.84. The maximum Gasteiger partial charge on any atom is 0.0363 e. The molecule has 0 aliphatic heterocycles. The quantitative estimate of drug-likeness (QED) is 0.794. The molecule has 0 aliphatic rings. The van der Waals surface area contributed by atoms with E-state index in [1.54, 1.807) is 0 Å². The van der Waals surface area contributed by atoms with Crippen LogP contribution in [0, 0.1) is 0 Å². The van der Waals surface area contributed by atoms with Crippen LogP contribution < -0.4 is 10.6 Å². The van der Waals surface area contributed by atoms with Crippen molar-refractivity contribution in [1.82, 2.24) is 0 Å². The standard InChI is InChI=1S/C12H20N2/c1-12(2,13)9-10-6-5-7-11(8-10)14(3)4/h5-8H,9,13H2,1-4H3. The van der Waals surface area contributed by atoms with Gasteiger partial charge in [0.15, 0.2) is 0 Å². The summed E-state index contributed by atoms with van der Waals surface area (Å²) in [4.78, 5) is 2.10. The number of anilines is 1. The molecule has 2 heteroatoms. The molecule has 0 fully saturated rings. The first-order chi connectivity index (χ1) is 6.38. The Morgan fingerprint density at radius 3 is 2.43 bits per heavy atom. The fourth-order valence-corrected chi connectivity index (χ4v) is 1.47. The first kappa shape index (κ1) is 11.1. The highest BCUT2D eigenvalue weighted by Crippen LogP contribution is 2.16. The molecule has 0 aromatic heterocycles. The molecule has 0 radical (unpaired) electrons. The SMILES string of the molecule is CN(C)c1cccc(CC(C)(C)N)c1. The average Bonchev–Trinajstić information content (AvgIpc) is 2.01. The molecule has 0 unspecified atom stereocenters. The largest absolute Gasteiger partial charge is 0.378 e. The van der Waals surface area contributed by atoms with E-state index in [2.05, 4.69) is 43.0 Å². The number of hydrogen-bond donors (Lipinski definition) is 1. The van der Waals surface area contributed by atoms with Crippen LogP contribution in [0.1, 0.15) is 19.4 Å². The maximum absolute atomic E-state index is 5.98. The van der Waals surface area contributed by atoms with Gasteiger partial charge in [0.2, 0.25) is 0 Å². The Hall–Kier alpha value is -1.02. The van der Waals surface area contributed by atoms with Gasteiger partial charge < -0.3 is 10.6 Å². The van der Waals surface area contributed by atoms with Crippen molar-refractivity contribution in [3.63, 3.8) is 0 Å². The molecular formula is C12H20N2. The third-order valence-electron chi connectivity index (χ3n) is 2.09. The van der Waals surface area contributed by atoms with Gasteiger partial charge in [-0.2, -0.15) is 0 Å². The molecule has 14 heavy (non-hydrogen) atoms. The van der Waals surface area contributed by atoms with Crippen molar-refractivity contribution in [2.75, 3.05) is 19.0 Å². The number of nitrogens with two attached hydrogens (primary N) is 1. The highest BCUT2D eigenvalue weighted by Gasteiger charge is 2.11. The van der Waals surface area contributed by atoms with E-state index in [9.17, 15) is 0 Å². The lowest BCUT2D eigenvalue weighted by Gasteiger charge is -2.20. The molecule has 1 aromatic carbocycles. The van der Waals surface area contributed by atoms with Crippen LogP contribution in [0.3, 0.4) is 0 Å². The molecule has 0 aliphatic carbocycles. The fourth-order valence-electron chi connectivity index (χ4n) is 1.47. The van der Waals surface area contributed by atoms with Gasteiger partial charge in [-0.05, 0) is 38.0 Å². The van der Waals surface area contributed by atoms with Crippen molar-refractivity contribution in [1.29, 1.82) is 0 Å². The second kappa shape index (κ2) is 4.01. The Morgan fingerprint density at radius 2 is 1.93 bits per heavy atom. The van der Waals surface area contributed by atoms with E-state index in [1.165, 1.54) is 11.3 Å². The highest BCUT2D eigenvalue weighted by atomic mass is 15.1.